The Bertz CT molecular complexity index is 949. The number of amides is 2. The number of aromatic nitrogens is 2. The number of imidazole rings is 1. The third-order valence-corrected chi connectivity index (χ3v) is 4.25. The standard InChI is InChI=1S/C19H21N5O2/c1-21-10-11-24-16-9-8-14(12-15(16)22-18(24)17(20)25)23(2)19(26)13-6-4-3-5-7-13/h3-9,12,21H,10-11H2,1-2H3,(H2,20,25). The van der Waals surface area contributed by atoms with Gasteiger partial charge < -0.3 is 20.5 Å². The summed E-state index contributed by atoms with van der Waals surface area (Å²) in [6, 6.07) is 14.5. The van der Waals surface area contributed by atoms with Crippen LogP contribution in [0.1, 0.15) is 21.0 Å². The summed E-state index contributed by atoms with van der Waals surface area (Å²) in [5, 5.41) is 3.05. The molecule has 1 heterocycles. The molecule has 3 N–H and O–H groups in total. The van der Waals surface area contributed by atoms with Crippen LogP contribution >= 0.6 is 0 Å². The van der Waals surface area contributed by atoms with E-state index in [4.69, 9.17) is 5.73 Å². The average Bonchev–Trinajstić information content (AvgIpc) is 3.03. The number of anilines is 1. The number of likely N-dealkylation sites (N-methyl/N-ethyl adjacent to an activating group) is 1. The molecule has 134 valence electrons. The molecule has 0 spiro atoms. The molecule has 3 rings (SSSR count). The van der Waals surface area contributed by atoms with Crippen LogP contribution in [0.15, 0.2) is 48.5 Å². The van der Waals surface area contributed by atoms with Gasteiger partial charge in [-0.1, -0.05) is 18.2 Å². The van der Waals surface area contributed by atoms with Crippen LogP contribution in [0.2, 0.25) is 0 Å². The van der Waals surface area contributed by atoms with Crippen molar-refractivity contribution in [2.24, 2.45) is 5.73 Å². The fourth-order valence-electron chi connectivity index (χ4n) is 2.86. The first-order valence-corrected chi connectivity index (χ1v) is 8.30. The average molecular weight is 351 g/mol. The van der Waals surface area contributed by atoms with Gasteiger partial charge >= 0.3 is 0 Å². The highest BCUT2D eigenvalue weighted by Crippen LogP contribution is 2.23. The van der Waals surface area contributed by atoms with Gasteiger partial charge in [0.2, 0.25) is 0 Å². The van der Waals surface area contributed by atoms with Crippen molar-refractivity contribution in [3.8, 4) is 0 Å². The fourth-order valence-corrected chi connectivity index (χ4v) is 2.86. The largest absolute Gasteiger partial charge is 0.363 e. The first kappa shape index (κ1) is 17.6. The lowest BCUT2D eigenvalue weighted by Crippen LogP contribution is -2.26. The van der Waals surface area contributed by atoms with Crippen LogP contribution in [-0.4, -0.2) is 42.0 Å². The zero-order valence-electron chi connectivity index (χ0n) is 14.8. The number of carbonyl (C=O) groups excluding carboxylic acids is 2. The molecule has 0 aliphatic rings. The minimum absolute atomic E-state index is 0.116. The van der Waals surface area contributed by atoms with Crippen molar-refractivity contribution >= 4 is 28.5 Å². The van der Waals surface area contributed by atoms with Gasteiger partial charge in [-0.25, -0.2) is 4.98 Å². The summed E-state index contributed by atoms with van der Waals surface area (Å²) in [5.41, 5.74) is 8.19. The minimum atomic E-state index is -0.576. The van der Waals surface area contributed by atoms with Crippen molar-refractivity contribution in [3.63, 3.8) is 0 Å². The van der Waals surface area contributed by atoms with Gasteiger partial charge in [0.25, 0.3) is 11.8 Å². The molecule has 7 heteroatoms. The normalized spacial score (nSPS) is 10.8. The summed E-state index contributed by atoms with van der Waals surface area (Å²) in [4.78, 5) is 30.3. The molecule has 0 aliphatic heterocycles. The predicted octanol–water partition coefficient (Wildman–Crippen LogP) is 1.63. The number of nitrogens with two attached hydrogens (primary N) is 1. The molecule has 0 bridgehead atoms. The summed E-state index contributed by atoms with van der Waals surface area (Å²) >= 11 is 0. The van der Waals surface area contributed by atoms with Crippen LogP contribution in [0, 0.1) is 0 Å². The summed E-state index contributed by atoms with van der Waals surface area (Å²) in [7, 11) is 3.55. The highest BCUT2D eigenvalue weighted by molar-refractivity contribution is 6.06. The van der Waals surface area contributed by atoms with E-state index in [2.05, 4.69) is 10.3 Å². The number of carbonyl (C=O) groups is 2. The Morgan fingerprint density at radius 1 is 1.19 bits per heavy atom. The quantitative estimate of drug-likeness (QED) is 0.706. The molecule has 0 atom stereocenters. The van der Waals surface area contributed by atoms with E-state index in [1.807, 2.05) is 37.4 Å². The number of hydrogen-bond acceptors (Lipinski definition) is 4. The molecular weight excluding hydrogens is 330 g/mol. The minimum Gasteiger partial charge on any atom is -0.363 e. The Labute approximate surface area is 151 Å². The molecule has 26 heavy (non-hydrogen) atoms. The van der Waals surface area contributed by atoms with E-state index in [-0.39, 0.29) is 11.7 Å². The molecule has 0 fully saturated rings. The van der Waals surface area contributed by atoms with Gasteiger partial charge in [-0.2, -0.15) is 0 Å². The monoisotopic (exact) mass is 351 g/mol. The maximum Gasteiger partial charge on any atom is 0.284 e. The SMILES string of the molecule is CNCCn1c(C(N)=O)nc2cc(N(C)C(=O)c3ccccc3)ccc21. The van der Waals surface area contributed by atoms with E-state index < -0.39 is 5.91 Å². The van der Waals surface area contributed by atoms with E-state index in [0.29, 0.717) is 29.9 Å². The Balaban J connectivity index is 1.99. The maximum atomic E-state index is 12.6. The highest BCUT2D eigenvalue weighted by atomic mass is 16.2. The van der Waals surface area contributed by atoms with Crippen LogP contribution in [0.5, 0.6) is 0 Å². The van der Waals surface area contributed by atoms with Crippen LogP contribution < -0.4 is 16.0 Å². The van der Waals surface area contributed by atoms with E-state index in [1.54, 1.807) is 34.7 Å². The Kier molecular flexibility index (Phi) is 4.99. The lowest BCUT2D eigenvalue weighted by Gasteiger charge is -2.17. The number of primary amides is 1. The van der Waals surface area contributed by atoms with Crippen molar-refractivity contribution in [1.29, 1.82) is 0 Å². The molecule has 1 aromatic heterocycles. The topological polar surface area (TPSA) is 93.2 Å². The molecular formula is C19H21N5O2. The molecule has 2 aromatic carbocycles. The Morgan fingerprint density at radius 2 is 1.92 bits per heavy atom. The van der Waals surface area contributed by atoms with Gasteiger partial charge in [-0.15, -0.1) is 0 Å². The van der Waals surface area contributed by atoms with Gasteiger partial charge in [0, 0.05) is 31.4 Å². The molecule has 0 radical (unpaired) electrons. The van der Waals surface area contributed by atoms with E-state index in [1.165, 1.54) is 0 Å². The number of nitrogens with zero attached hydrogens (tertiary/aromatic N) is 3. The first-order chi connectivity index (χ1) is 12.5. The second-order valence-electron chi connectivity index (χ2n) is 5.96. The summed E-state index contributed by atoms with van der Waals surface area (Å²) in [6.07, 6.45) is 0. The number of nitrogens with one attached hydrogen (secondary N) is 1. The second-order valence-corrected chi connectivity index (χ2v) is 5.96. The zero-order valence-corrected chi connectivity index (χ0v) is 14.8. The van der Waals surface area contributed by atoms with Crippen molar-refractivity contribution in [2.45, 2.75) is 6.54 Å². The zero-order chi connectivity index (χ0) is 18.7. The number of hydrogen-bond donors (Lipinski definition) is 2. The van der Waals surface area contributed by atoms with E-state index >= 15 is 0 Å². The van der Waals surface area contributed by atoms with Gasteiger partial charge in [0.15, 0.2) is 5.82 Å². The Hall–Kier alpha value is -3.19. The predicted molar refractivity (Wildman–Crippen MR) is 101 cm³/mol. The molecule has 0 unspecified atom stereocenters. The number of fused-ring (bicyclic) bond motifs is 1. The van der Waals surface area contributed by atoms with Crippen molar-refractivity contribution in [2.75, 3.05) is 25.5 Å². The Morgan fingerprint density at radius 3 is 2.58 bits per heavy atom. The van der Waals surface area contributed by atoms with Gasteiger partial charge in [-0.05, 0) is 37.4 Å². The first-order valence-electron chi connectivity index (χ1n) is 8.30. The summed E-state index contributed by atoms with van der Waals surface area (Å²) in [5.74, 6) is -0.480. The molecule has 0 aliphatic carbocycles. The molecule has 3 aromatic rings. The molecule has 0 saturated heterocycles. The van der Waals surface area contributed by atoms with Crippen LogP contribution in [0.3, 0.4) is 0 Å². The van der Waals surface area contributed by atoms with Crippen LogP contribution in [-0.2, 0) is 6.54 Å². The van der Waals surface area contributed by atoms with Crippen molar-refractivity contribution < 1.29 is 9.59 Å². The van der Waals surface area contributed by atoms with Crippen molar-refractivity contribution in [3.05, 3.63) is 59.9 Å². The molecule has 0 saturated carbocycles. The fraction of sp³-hybridized carbons (Fsp3) is 0.211. The van der Waals surface area contributed by atoms with Gasteiger partial charge in [-0.3, -0.25) is 9.59 Å². The lowest BCUT2D eigenvalue weighted by atomic mass is 10.2. The van der Waals surface area contributed by atoms with Gasteiger partial charge in [0.05, 0.1) is 11.0 Å². The third-order valence-electron chi connectivity index (χ3n) is 4.25. The highest BCUT2D eigenvalue weighted by Gasteiger charge is 2.18. The van der Waals surface area contributed by atoms with E-state index in [9.17, 15) is 9.59 Å². The summed E-state index contributed by atoms with van der Waals surface area (Å²) in [6.45, 7) is 1.25. The maximum absolute atomic E-state index is 12.6. The van der Waals surface area contributed by atoms with Gasteiger partial charge in [0.1, 0.15) is 0 Å². The molecule has 2 amide bonds. The van der Waals surface area contributed by atoms with Crippen LogP contribution in [0.4, 0.5) is 5.69 Å². The smallest absolute Gasteiger partial charge is 0.284 e. The van der Waals surface area contributed by atoms with Crippen LogP contribution in [0.25, 0.3) is 11.0 Å². The summed E-state index contributed by atoms with van der Waals surface area (Å²) < 4.78 is 1.79. The molecule has 7 nitrogen and oxygen atoms in total. The third kappa shape index (κ3) is 3.29. The van der Waals surface area contributed by atoms with Crippen molar-refractivity contribution in [1.82, 2.24) is 14.9 Å². The lowest BCUT2D eigenvalue weighted by molar-refractivity contribution is 0.0981. The number of rotatable bonds is 6. The van der Waals surface area contributed by atoms with E-state index in [0.717, 1.165) is 5.52 Å². The number of benzene rings is 2. The second kappa shape index (κ2) is 7.37.